The van der Waals surface area contributed by atoms with Gasteiger partial charge in [-0.1, -0.05) is 60.3 Å². The minimum absolute atomic E-state index is 0.347. The van der Waals surface area contributed by atoms with Gasteiger partial charge in [-0.05, 0) is 30.2 Å². The van der Waals surface area contributed by atoms with Crippen molar-refractivity contribution in [1.29, 1.82) is 0 Å². The zero-order chi connectivity index (χ0) is 15.2. The average molecular weight is 301 g/mol. The molecule has 1 saturated carbocycles. The van der Waals surface area contributed by atoms with E-state index in [0.29, 0.717) is 11.0 Å². The van der Waals surface area contributed by atoms with E-state index in [0.717, 1.165) is 18.9 Å². The van der Waals surface area contributed by atoms with E-state index in [1.165, 1.54) is 38.1 Å². The summed E-state index contributed by atoms with van der Waals surface area (Å²) in [7, 11) is -0.113. The molecule has 0 radical (unpaired) electrons. The molecule has 0 aromatic rings. The maximum Gasteiger partial charge on any atom is 0.341 e. The molecule has 1 aliphatic carbocycles. The molecule has 0 aromatic carbocycles. The molecule has 1 aliphatic rings. The van der Waals surface area contributed by atoms with E-state index in [4.69, 9.17) is 8.85 Å². The van der Waals surface area contributed by atoms with Gasteiger partial charge in [-0.15, -0.1) is 0 Å². The lowest BCUT2D eigenvalue weighted by molar-refractivity contribution is 0.156. The predicted molar refractivity (Wildman–Crippen MR) is 89.3 cm³/mol. The van der Waals surface area contributed by atoms with Crippen LogP contribution in [0.1, 0.15) is 73.1 Å². The van der Waals surface area contributed by atoms with Crippen LogP contribution >= 0.6 is 0 Å². The molecule has 0 saturated heterocycles. The van der Waals surface area contributed by atoms with Crippen molar-refractivity contribution in [1.82, 2.24) is 0 Å². The van der Waals surface area contributed by atoms with Crippen molar-refractivity contribution in [2.45, 2.75) is 84.7 Å². The monoisotopic (exact) mass is 300 g/mol. The highest BCUT2D eigenvalue weighted by Crippen LogP contribution is 2.46. The molecule has 3 unspecified atom stereocenters. The minimum atomic E-state index is -2.02. The minimum Gasteiger partial charge on any atom is -0.397 e. The van der Waals surface area contributed by atoms with Gasteiger partial charge < -0.3 is 8.85 Å². The van der Waals surface area contributed by atoms with E-state index in [9.17, 15) is 0 Å². The number of rotatable bonds is 8. The fourth-order valence-electron chi connectivity index (χ4n) is 3.43. The molecule has 1 rings (SSSR count). The van der Waals surface area contributed by atoms with Crippen LogP contribution in [-0.2, 0) is 8.85 Å². The quantitative estimate of drug-likeness (QED) is 0.550. The van der Waals surface area contributed by atoms with Crippen molar-refractivity contribution in [2.24, 2.45) is 11.3 Å². The summed E-state index contributed by atoms with van der Waals surface area (Å²) >= 11 is 0. The third kappa shape index (κ3) is 5.16. The Hall–Kier alpha value is 0.137. The summed E-state index contributed by atoms with van der Waals surface area (Å²) in [6.45, 7) is 12.4. The first kappa shape index (κ1) is 18.2. The van der Waals surface area contributed by atoms with E-state index in [2.05, 4.69) is 34.6 Å². The van der Waals surface area contributed by atoms with Gasteiger partial charge in [0, 0.05) is 19.3 Å². The van der Waals surface area contributed by atoms with Gasteiger partial charge in [0.2, 0.25) is 0 Å². The van der Waals surface area contributed by atoms with Crippen molar-refractivity contribution in [3.8, 4) is 0 Å². The first-order valence-electron chi connectivity index (χ1n) is 8.54. The Balaban J connectivity index is 2.71. The van der Waals surface area contributed by atoms with E-state index in [1.54, 1.807) is 0 Å². The smallest absolute Gasteiger partial charge is 0.341 e. The molecule has 0 bridgehead atoms. The third-order valence-electron chi connectivity index (χ3n) is 4.85. The first-order chi connectivity index (χ1) is 9.34. The highest BCUT2D eigenvalue weighted by Gasteiger charge is 2.48. The lowest BCUT2D eigenvalue weighted by atomic mass is 9.93. The molecule has 0 heterocycles. The van der Waals surface area contributed by atoms with E-state index in [-0.39, 0.29) is 0 Å². The Morgan fingerprint density at radius 2 is 1.90 bits per heavy atom. The van der Waals surface area contributed by atoms with Crippen LogP contribution in [0.5, 0.6) is 0 Å². The largest absolute Gasteiger partial charge is 0.397 e. The summed E-state index contributed by atoms with van der Waals surface area (Å²) in [5.41, 5.74) is 1.05. The normalized spacial score (nSPS) is 26.7. The fraction of sp³-hybridized carbons (Fsp3) is 1.00. The molecule has 0 N–H and O–H groups in total. The van der Waals surface area contributed by atoms with Gasteiger partial charge in [0.1, 0.15) is 0 Å². The highest BCUT2D eigenvalue weighted by atomic mass is 28.4. The second-order valence-electron chi connectivity index (χ2n) is 7.79. The zero-order valence-electron chi connectivity index (χ0n) is 14.6. The van der Waals surface area contributed by atoms with Gasteiger partial charge in [0.05, 0.1) is 0 Å². The molecule has 0 aromatic heterocycles. The van der Waals surface area contributed by atoms with Crippen LogP contribution in [0.2, 0.25) is 11.6 Å². The van der Waals surface area contributed by atoms with Gasteiger partial charge in [-0.3, -0.25) is 0 Å². The highest BCUT2D eigenvalue weighted by molar-refractivity contribution is 6.69. The molecular weight excluding hydrogens is 264 g/mol. The van der Waals surface area contributed by atoms with Crippen LogP contribution in [0.3, 0.4) is 0 Å². The molecule has 120 valence electrons. The number of hydrogen-bond acceptors (Lipinski definition) is 2. The summed E-state index contributed by atoms with van der Waals surface area (Å²) in [4.78, 5) is 0. The third-order valence-corrected chi connectivity index (χ3v) is 9.27. The fourth-order valence-corrected chi connectivity index (χ4v) is 7.75. The molecule has 0 spiro atoms. The molecule has 20 heavy (non-hydrogen) atoms. The van der Waals surface area contributed by atoms with Crippen LogP contribution in [0.25, 0.3) is 0 Å². The Kier molecular flexibility index (Phi) is 7.23. The predicted octanol–water partition coefficient (Wildman–Crippen LogP) is 5.52. The second kappa shape index (κ2) is 7.95. The van der Waals surface area contributed by atoms with Crippen LogP contribution in [0.4, 0.5) is 0 Å². The molecule has 1 fully saturated rings. The summed E-state index contributed by atoms with van der Waals surface area (Å²) in [6, 6.07) is 1.18. The Bertz CT molecular complexity index is 275. The first-order valence-corrected chi connectivity index (χ1v) is 10.6. The maximum atomic E-state index is 6.53. The van der Waals surface area contributed by atoms with E-state index >= 15 is 0 Å². The van der Waals surface area contributed by atoms with Crippen molar-refractivity contribution in [2.75, 3.05) is 13.7 Å². The standard InChI is InChI=1S/C17H36O2Si/c1-7-8-14-20(18-6,16-11-9-10-15(16)2)19-13-12-17(3,4)5/h15-16H,7-14H2,1-6H3. The summed E-state index contributed by atoms with van der Waals surface area (Å²) in [6.07, 6.45) is 7.65. The Labute approximate surface area is 127 Å². The maximum absolute atomic E-state index is 6.53. The molecule has 2 nitrogen and oxygen atoms in total. The molecule has 0 aliphatic heterocycles. The van der Waals surface area contributed by atoms with Crippen LogP contribution in [-0.4, -0.2) is 22.3 Å². The molecule has 0 amide bonds. The Morgan fingerprint density at radius 3 is 2.35 bits per heavy atom. The topological polar surface area (TPSA) is 18.5 Å². The van der Waals surface area contributed by atoms with Crippen LogP contribution in [0, 0.1) is 11.3 Å². The summed E-state index contributed by atoms with van der Waals surface area (Å²) in [5.74, 6) is 0.785. The van der Waals surface area contributed by atoms with E-state index < -0.39 is 8.56 Å². The van der Waals surface area contributed by atoms with Gasteiger partial charge in [0.25, 0.3) is 0 Å². The number of unbranched alkanes of at least 4 members (excludes halogenated alkanes) is 1. The lowest BCUT2D eigenvalue weighted by Crippen LogP contribution is -2.47. The second-order valence-corrected chi connectivity index (χ2v) is 11.4. The van der Waals surface area contributed by atoms with Gasteiger partial charge in [-0.2, -0.15) is 0 Å². The van der Waals surface area contributed by atoms with Crippen molar-refractivity contribution in [3.05, 3.63) is 0 Å². The van der Waals surface area contributed by atoms with Gasteiger partial charge in [-0.25, -0.2) is 0 Å². The van der Waals surface area contributed by atoms with Crippen LogP contribution in [0.15, 0.2) is 0 Å². The molecule has 3 heteroatoms. The summed E-state index contributed by atoms with van der Waals surface area (Å²) < 4.78 is 12.7. The average Bonchev–Trinajstić information content (AvgIpc) is 2.79. The van der Waals surface area contributed by atoms with E-state index in [1.807, 2.05) is 7.11 Å². The Morgan fingerprint density at radius 1 is 1.20 bits per heavy atom. The SMILES string of the molecule is CCCC[Si](OC)(OCCC(C)(C)C)C1CCCC1C. The zero-order valence-corrected chi connectivity index (χ0v) is 15.6. The van der Waals surface area contributed by atoms with Crippen molar-refractivity contribution >= 4 is 8.56 Å². The van der Waals surface area contributed by atoms with Crippen LogP contribution < -0.4 is 0 Å². The lowest BCUT2D eigenvalue weighted by Gasteiger charge is -2.37. The van der Waals surface area contributed by atoms with Crippen molar-refractivity contribution < 1.29 is 8.85 Å². The number of hydrogen-bond donors (Lipinski definition) is 0. The molecule has 3 atom stereocenters. The summed E-state index contributed by atoms with van der Waals surface area (Å²) in [5, 5.41) is 0. The van der Waals surface area contributed by atoms with Crippen molar-refractivity contribution in [3.63, 3.8) is 0 Å². The molecular formula is C17H36O2Si. The van der Waals surface area contributed by atoms with Gasteiger partial charge >= 0.3 is 8.56 Å². The van der Waals surface area contributed by atoms with Gasteiger partial charge in [0.15, 0.2) is 0 Å².